The second kappa shape index (κ2) is 4.33. The zero-order valence-corrected chi connectivity index (χ0v) is 15.0. The van der Waals surface area contributed by atoms with Crippen molar-refractivity contribution in [3.63, 3.8) is 0 Å². The second-order valence-corrected chi connectivity index (χ2v) is 8.51. The van der Waals surface area contributed by atoms with Crippen molar-refractivity contribution in [3.05, 3.63) is 77.2 Å². The molecule has 0 saturated heterocycles. The van der Waals surface area contributed by atoms with Crippen LogP contribution in [0.5, 0.6) is 0 Å². The van der Waals surface area contributed by atoms with Gasteiger partial charge in [-0.25, -0.2) is 0 Å². The largest absolute Gasteiger partial charge is 0.308 e. The molecule has 4 aromatic rings. The Morgan fingerprint density at radius 3 is 2.36 bits per heavy atom. The SMILES string of the molecule is CC1(C)c2ccccc2N2c3ccccc3-c3cccc4sc1c2c34. The normalized spacial score (nSPS) is 15.8. The van der Waals surface area contributed by atoms with Crippen molar-refractivity contribution in [3.8, 4) is 11.1 Å². The molecule has 3 heterocycles. The molecule has 6 rings (SSSR count). The highest BCUT2D eigenvalue weighted by atomic mass is 32.1. The number of benzene rings is 3. The van der Waals surface area contributed by atoms with E-state index < -0.39 is 0 Å². The van der Waals surface area contributed by atoms with Crippen LogP contribution in [0.3, 0.4) is 0 Å². The molecule has 25 heavy (non-hydrogen) atoms. The van der Waals surface area contributed by atoms with E-state index in [1.54, 1.807) is 0 Å². The Bertz CT molecular complexity index is 1180. The van der Waals surface area contributed by atoms with E-state index in [9.17, 15) is 0 Å². The molecule has 0 radical (unpaired) electrons. The quantitative estimate of drug-likeness (QED) is 0.294. The summed E-state index contributed by atoms with van der Waals surface area (Å²) in [5.41, 5.74) is 8.16. The first-order valence-corrected chi connectivity index (χ1v) is 9.54. The predicted molar refractivity (Wildman–Crippen MR) is 108 cm³/mol. The Morgan fingerprint density at radius 1 is 0.760 bits per heavy atom. The van der Waals surface area contributed by atoms with E-state index in [2.05, 4.69) is 85.5 Å². The van der Waals surface area contributed by atoms with Crippen LogP contribution >= 0.6 is 11.3 Å². The summed E-state index contributed by atoms with van der Waals surface area (Å²) in [6.45, 7) is 4.73. The van der Waals surface area contributed by atoms with E-state index in [1.807, 2.05) is 11.3 Å². The smallest absolute Gasteiger partial charge is 0.0695 e. The zero-order valence-electron chi connectivity index (χ0n) is 14.2. The van der Waals surface area contributed by atoms with Gasteiger partial charge in [0.25, 0.3) is 0 Å². The van der Waals surface area contributed by atoms with Crippen LogP contribution in [-0.4, -0.2) is 0 Å². The maximum atomic E-state index is 2.50. The average Bonchev–Trinajstić information content (AvgIpc) is 3.04. The molecular formula is C23H17NS. The standard InChI is InChI=1S/C23H17NS/c1-23(2)16-10-4-6-12-18(16)24-17-11-5-3-8-14(17)15-9-7-13-19-20(15)21(24)22(23)25-19/h3-13H,1-2H3. The number of para-hydroxylation sites is 2. The van der Waals surface area contributed by atoms with Crippen LogP contribution in [0.15, 0.2) is 66.7 Å². The van der Waals surface area contributed by atoms with E-state index in [0.717, 1.165) is 0 Å². The van der Waals surface area contributed by atoms with Crippen LogP contribution in [0.25, 0.3) is 21.2 Å². The highest BCUT2D eigenvalue weighted by Gasteiger charge is 2.42. The highest BCUT2D eigenvalue weighted by molar-refractivity contribution is 7.20. The van der Waals surface area contributed by atoms with Gasteiger partial charge >= 0.3 is 0 Å². The fourth-order valence-electron chi connectivity index (χ4n) is 4.58. The first-order valence-electron chi connectivity index (χ1n) is 8.73. The van der Waals surface area contributed by atoms with Gasteiger partial charge in [-0.3, -0.25) is 0 Å². The second-order valence-electron chi connectivity index (χ2n) is 7.45. The third-order valence-electron chi connectivity index (χ3n) is 5.73. The minimum atomic E-state index is 0.0235. The molecule has 3 aromatic carbocycles. The summed E-state index contributed by atoms with van der Waals surface area (Å²) >= 11 is 1.96. The summed E-state index contributed by atoms with van der Waals surface area (Å²) < 4.78 is 1.39. The molecule has 0 unspecified atom stereocenters. The molecule has 0 amide bonds. The molecule has 0 spiro atoms. The van der Waals surface area contributed by atoms with Crippen LogP contribution in [0.4, 0.5) is 17.1 Å². The van der Waals surface area contributed by atoms with E-state index in [1.165, 1.54) is 48.7 Å². The van der Waals surface area contributed by atoms with Gasteiger partial charge < -0.3 is 4.90 Å². The van der Waals surface area contributed by atoms with Crippen molar-refractivity contribution in [2.75, 3.05) is 4.90 Å². The summed E-state index contributed by atoms with van der Waals surface area (Å²) in [6, 6.07) is 24.5. The lowest BCUT2D eigenvalue weighted by molar-refractivity contribution is 0.647. The van der Waals surface area contributed by atoms with Crippen LogP contribution < -0.4 is 4.90 Å². The summed E-state index contributed by atoms with van der Waals surface area (Å²) in [7, 11) is 0. The highest BCUT2D eigenvalue weighted by Crippen LogP contribution is 2.62. The number of hydrogen-bond donors (Lipinski definition) is 0. The van der Waals surface area contributed by atoms with Gasteiger partial charge in [-0.15, -0.1) is 11.3 Å². The third kappa shape index (κ3) is 1.50. The molecule has 120 valence electrons. The number of rotatable bonds is 0. The molecule has 1 aromatic heterocycles. The van der Waals surface area contributed by atoms with Crippen molar-refractivity contribution in [1.82, 2.24) is 0 Å². The van der Waals surface area contributed by atoms with Gasteiger partial charge in [0.2, 0.25) is 0 Å². The molecule has 2 aliphatic rings. The van der Waals surface area contributed by atoms with Crippen molar-refractivity contribution in [2.45, 2.75) is 19.3 Å². The van der Waals surface area contributed by atoms with Crippen molar-refractivity contribution < 1.29 is 0 Å². The van der Waals surface area contributed by atoms with E-state index in [-0.39, 0.29) is 5.41 Å². The summed E-state index contributed by atoms with van der Waals surface area (Å²) in [6.07, 6.45) is 0. The van der Waals surface area contributed by atoms with Gasteiger partial charge in [-0.2, -0.15) is 0 Å². The first kappa shape index (κ1) is 13.7. The lowest BCUT2D eigenvalue weighted by Crippen LogP contribution is -2.30. The van der Waals surface area contributed by atoms with Gasteiger partial charge in [-0.05, 0) is 29.3 Å². The topological polar surface area (TPSA) is 3.24 Å². The average molecular weight is 339 g/mol. The number of thiophene rings is 1. The Morgan fingerprint density at radius 2 is 1.48 bits per heavy atom. The maximum absolute atomic E-state index is 2.50. The van der Waals surface area contributed by atoms with Gasteiger partial charge in [-0.1, -0.05) is 62.4 Å². The minimum Gasteiger partial charge on any atom is -0.308 e. The zero-order chi connectivity index (χ0) is 16.8. The Balaban J connectivity index is 1.88. The summed E-state index contributed by atoms with van der Waals surface area (Å²) in [4.78, 5) is 3.97. The Hall–Kier alpha value is -2.58. The van der Waals surface area contributed by atoms with E-state index in [0.29, 0.717) is 0 Å². The van der Waals surface area contributed by atoms with Crippen LogP contribution in [0.2, 0.25) is 0 Å². The van der Waals surface area contributed by atoms with Gasteiger partial charge in [0.05, 0.1) is 17.1 Å². The molecule has 0 bridgehead atoms. The molecule has 0 N–H and O–H groups in total. The molecule has 1 nitrogen and oxygen atoms in total. The fourth-order valence-corrected chi connectivity index (χ4v) is 5.91. The molecule has 0 saturated carbocycles. The number of nitrogens with zero attached hydrogens (tertiary/aromatic N) is 1. The molecule has 0 fully saturated rings. The molecular weight excluding hydrogens is 322 g/mol. The minimum absolute atomic E-state index is 0.0235. The molecule has 2 aliphatic heterocycles. The van der Waals surface area contributed by atoms with Crippen LogP contribution in [0, 0.1) is 0 Å². The number of hydrogen-bond acceptors (Lipinski definition) is 2. The number of anilines is 3. The lowest BCUT2D eigenvalue weighted by Gasteiger charge is -2.42. The van der Waals surface area contributed by atoms with E-state index >= 15 is 0 Å². The summed E-state index contributed by atoms with van der Waals surface area (Å²) in [5.74, 6) is 0. The van der Waals surface area contributed by atoms with Gasteiger partial charge in [0, 0.05) is 25.9 Å². The fraction of sp³-hybridized carbons (Fsp3) is 0.130. The lowest BCUT2D eigenvalue weighted by atomic mass is 9.76. The van der Waals surface area contributed by atoms with Crippen LogP contribution in [0.1, 0.15) is 24.3 Å². The number of fused-ring (bicyclic) bond motifs is 5. The van der Waals surface area contributed by atoms with Crippen molar-refractivity contribution in [1.29, 1.82) is 0 Å². The monoisotopic (exact) mass is 339 g/mol. The van der Waals surface area contributed by atoms with Crippen molar-refractivity contribution >= 4 is 38.5 Å². The molecule has 2 heteroatoms. The predicted octanol–water partition coefficient (Wildman–Crippen LogP) is 6.99. The summed E-state index contributed by atoms with van der Waals surface area (Å²) in [5, 5.41) is 1.42. The third-order valence-corrected chi connectivity index (χ3v) is 7.20. The molecule has 0 atom stereocenters. The van der Waals surface area contributed by atoms with Gasteiger partial charge in [0.1, 0.15) is 0 Å². The Kier molecular flexibility index (Phi) is 2.37. The van der Waals surface area contributed by atoms with Crippen molar-refractivity contribution in [2.24, 2.45) is 0 Å². The molecule has 0 aliphatic carbocycles. The Labute approximate surface area is 151 Å². The van der Waals surface area contributed by atoms with Gasteiger partial charge in [0.15, 0.2) is 0 Å². The van der Waals surface area contributed by atoms with Crippen LogP contribution in [-0.2, 0) is 5.41 Å². The first-order chi connectivity index (χ1) is 12.2. The van der Waals surface area contributed by atoms with E-state index in [4.69, 9.17) is 0 Å². The maximum Gasteiger partial charge on any atom is 0.0695 e.